The fourth-order valence-electron chi connectivity index (χ4n) is 2.18. The van der Waals surface area contributed by atoms with Crippen molar-refractivity contribution in [2.45, 2.75) is 46.5 Å². The van der Waals surface area contributed by atoms with E-state index in [1.54, 1.807) is 0 Å². The second-order valence-corrected chi connectivity index (χ2v) is 4.64. The molecule has 0 saturated carbocycles. The lowest BCUT2D eigenvalue weighted by atomic mass is 9.83. The average molecular weight is 198 g/mol. The second kappa shape index (κ2) is 5.38. The van der Waals surface area contributed by atoms with Gasteiger partial charge in [-0.05, 0) is 12.3 Å². The van der Waals surface area contributed by atoms with Crippen molar-refractivity contribution in [3.05, 3.63) is 0 Å². The number of hydrogen-bond donors (Lipinski definition) is 0. The average Bonchev–Trinajstić information content (AvgIpc) is 2.48. The number of ether oxygens (including phenoxy) is 1. The number of hydrogen-bond acceptors (Lipinski definition) is 2. The van der Waals surface area contributed by atoms with Crippen LogP contribution in [0.3, 0.4) is 0 Å². The van der Waals surface area contributed by atoms with Gasteiger partial charge in [-0.15, -0.1) is 0 Å². The molecule has 2 heteroatoms. The predicted octanol–water partition coefficient (Wildman–Crippen LogP) is 3.01. The molecule has 2 nitrogen and oxygen atoms in total. The molecule has 1 fully saturated rings. The third kappa shape index (κ3) is 2.73. The number of carbonyl (C=O) groups excluding carboxylic acids is 1. The number of unbranched alkanes of at least 4 members (excludes halogenated alkanes) is 2. The van der Waals surface area contributed by atoms with E-state index in [0.29, 0.717) is 18.4 Å². The van der Waals surface area contributed by atoms with Gasteiger partial charge in [0, 0.05) is 5.92 Å². The molecule has 1 aliphatic heterocycles. The van der Waals surface area contributed by atoms with E-state index in [9.17, 15) is 4.79 Å². The molecule has 0 aromatic rings. The van der Waals surface area contributed by atoms with Gasteiger partial charge in [0.15, 0.2) is 0 Å². The maximum absolute atomic E-state index is 11.5. The van der Waals surface area contributed by atoms with E-state index in [-0.39, 0.29) is 11.9 Å². The third-order valence-corrected chi connectivity index (χ3v) is 3.21. The highest BCUT2D eigenvalue weighted by Gasteiger charge is 2.37. The van der Waals surface area contributed by atoms with Crippen molar-refractivity contribution in [3.8, 4) is 0 Å². The van der Waals surface area contributed by atoms with Gasteiger partial charge in [-0.1, -0.05) is 40.0 Å². The maximum Gasteiger partial charge on any atom is 0.309 e. The van der Waals surface area contributed by atoms with Crippen LogP contribution in [0, 0.1) is 17.8 Å². The van der Waals surface area contributed by atoms with Gasteiger partial charge in [-0.3, -0.25) is 4.79 Å². The third-order valence-electron chi connectivity index (χ3n) is 3.21. The highest BCUT2D eigenvalue weighted by molar-refractivity contribution is 5.74. The lowest BCUT2D eigenvalue weighted by Crippen LogP contribution is -2.20. The Morgan fingerprint density at radius 3 is 2.71 bits per heavy atom. The summed E-state index contributed by atoms with van der Waals surface area (Å²) in [6.07, 6.45) is 4.64. The van der Waals surface area contributed by atoms with Crippen molar-refractivity contribution in [1.82, 2.24) is 0 Å². The van der Waals surface area contributed by atoms with Gasteiger partial charge in [0.05, 0.1) is 12.5 Å². The molecule has 0 aliphatic carbocycles. The van der Waals surface area contributed by atoms with E-state index < -0.39 is 0 Å². The summed E-state index contributed by atoms with van der Waals surface area (Å²) in [5.74, 6) is 1.24. The number of esters is 1. The van der Waals surface area contributed by atoms with Crippen LogP contribution in [0.25, 0.3) is 0 Å². The van der Waals surface area contributed by atoms with Crippen LogP contribution in [0.2, 0.25) is 0 Å². The Labute approximate surface area is 87.0 Å². The van der Waals surface area contributed by atoms with Gasteiger partial charge < -0.3 is 4.74 Å². The zero-order chi connectivity index (χ0) is 10.6. The summed E-state index contributed by atoms with van der Waals surface area (Å²) in [7, 11) is 0. The summed E-state index contributed by atoms with van der Waals surface area (Å²) in [6.45, 7) is 7.19. The molecule has 1 aliphatic rings. The van der Waals surface area contributed by atoms with Crippen LogP contribution in [-0.2, 0) is 9.53 Å². The number of cyclic esters (lactones) is 1. The summed E-state index contributed by atoms with van der Waals surface area (Å²) in [4.78, 5) is 11.5. The fourth-order valence-corrected chi connectivity index (χ4v) is 2.18. The Kier molecular flexibility index (Phi) is 4.43. The van der Waals surface area contributed by atoms with Gasteiger partial charge in [0.1, 0.15) is 0 Å². The first-order valence-corrected chi connectivity index (χ1v) is 5.83. The first kappa shape index (κ1) is 11.5. The van der Waals surface area contributed by atoms with E-state index in [0.717, 1.165) is 6.42 Å². The van der Waals surface area contributed by atoms with E-state index in [2.05, 4.69) is 20.8 Å². The molecule has 82 valence electrons. The SMILES string of the molecule is CCCCC[C@H]1C(=O)OC[C@@H]1C(C)C. The molecule has 1 rings (SSSR count). The monoisotopic (exact) mass is 198 g/mol. The van der Waals surface area contributed by atoms with E-state index in [1.807, 2.05) is 0 Å². The van der Waals surface area contributed by atoms with Crippen molar-refractivity contribution in [2.24, 2.45) is 17.8 Å². The molecule has 2 atom stereocenters. The van der Waals surface area contributed by atoms with Gasteiger partial charge >= 0.3 is 5.97 Å². The minimum Gasteiger partial charge on any atom is -0.465 e. The van der Waals surface area contributed by atoms with Crippen LogP contribution < -0.4 is 0 Å². The Balaban J connectivity index is 2.41. The largest absolute Gasteiger partial charge is 0.465 e. The standard InChI is InChI=1S/C12H22O2/c1-4-5-6-7-10-11(9(2)3)8-14-12(10)13/h9-11H,4-8H2,1-3H3/t10-,11-/m1/s1. The van der Waals surface area contributed by atoms with Gasteiger partial charge in [-0.25, -0.2) is 0 Å². The lowest BCUT2D eigenvalue weighted by molar-refractivity contribution is -0.141. The Morgan fingerprint density at radius 2 is 2.14 bits per heavy atom. The van der Waals surface area contributed by atoms with Crippen LogP contribution in [-0.4, -0.2) is 12.6 Å². The summed E-state index contributed by atoms with van der Waals surface area (Å²) >= 11 is 0. The zero-order valence-electron chi connectivity index (χ0n) is 9.58. The smallest absolute Gasteiger partial charge is 0.309 e. The second-order valence-electron chi connectivity index (χ2n) is 4.64. The normalized spacial score (nSPS) is 27.0. The summed E-state index contributed by atoms with van der Waals surface area (Å²) in [5, 5.41) is 0. The van der Waals surface area contributed by atoms with Crippen LogP contribution in [0.4, 0.5) is 0 Å². The van der Waals surface area contributed by atoms with E-state index in [4.69, 9.17) is 4.74 Å². The topological polar surface area (TPSA) is 26.3 Å². The minimum absolute atomic E-state index is 0.0415. The molecule has 0 radical (unpaired) electrons. The molecule has 14 heavy (non-hydrogen) atoms. The Morgan fingerprint density at radius 1 is 1.43 bits per heavy atom. The van der Waals surface area contributed by atoms with Crippen LogP contribution in [0.15, 0.2) is 0 Å². The predicted molar refractivity (Wildman–Crippen MR) is 56.9 cm³/mol. The van der Waals surface area contributed by atoms with Gasteiger partial charge in [0.25, 0.3) is 0 Å². The van der Waals surface area contributed by atoms with Crippen molar-refractivity contribution < 1.29 is 9.53 Å². The summed E-state index contributed by atoms with van der Waals surface area (Å²) in [5.41, 5.74) is 0. The first-order chi connectivity index (χ1) is 6.66. The highest BCUT2D eigenvalue weighted by atomic mass is 16.5. The van der Waals surface area contributed by atoms with Gasteiger partial charge in [-0.2, -0.15) is 0 Å². The molecular formula is C12H22O2. The number of rotatable bonds is 5. The van der Waals surface area contributed by atoms with Gasteiger partial charge in [0.2, 0.25) is 0 Å². The molecule has 1 saturated heterocycles. The molecule has 0 N–H and O–H groups in total. The molecular weight excluding hydrogens is 176 g/mol. The van der Waals surface area contributed by atoms with Crippen molar-refractivity contribution in [3.63, 3.8) is 0 Å². The molecule has 0 unspecified atom stereocenters. The van der Waals surface area contributed by atoms with E-state index in [1.165, 1.54) is 19.3 Å². The first-order valence-electron chi connectivity index (χ1n) is 5.83. The van der Waals surface area contributed by atoms with Crippen LogP contribution in [0.1, 0.15) is 46.5 Å². The molecule has 0 bridgehead atoms. The molecule has 0 aromatic carbocycles. The van der Waals surface area contributed by atoms with E-state index >= 15 is 0 Å². The van der Waals surface area contributed by atoms with Crippen LogP contribution in [0.5, 0.6) is 0 Å². The molecule has 0 spiro atoms. The summed E-state index contributed by atoms with van der Waals surface area (Å²) in [6, 6.07) is 0. The molecule has 1 heterocycles. The highest BCUT2D eigenvalue weighted by Crippen LogP contribution is 2.32. The molecule has 0 amide bonds. The van der Waals surface area contributed by atoms with Crippen LogP contribution >= 0.6 is 0 Å². The summed E-state index contributed by atoms with van der Waals surface area (Å²) < 4.78 is 5.13. The maximum atomic E-state index is 11.5. The minimum atomic E-state index is 0.0415. The Bertz CT molecular complexity index is 187. The Hall–Kier alpha value is -0.530. The fraction of sp³-hybridized carbons (Fsp3) is 0.917. The lowest BCUT2D eigenvalue weighted by Gasteiger charge is -2.18. The number of carbonyl (C=O) groups is 1. The van der Waals surface area contributed by atoms with Crippen molar-refractivity contribution in [2.75, 3.05) is 6.61 Å². The zero-order valence-corrected chi connectivity index (χ0v) is 9.58. The molecule has 0 aromatic heterocycles. The van der Waals surface area contributed by atoms with Crippen molar-refractivity contribution >= 4 is 5.97 Å². The quantitative estimate of drug-likeness (QED) is 0.501. The van der Waals surface area contributed by atoms with Crippen molar-refractivity contribution in [1.29, 1.82) is 0 Å².